The van der Waals surface area contributed by atoms with E-state index in [9.17, 15) is 0 Å². The Kier molecular flexibility index (Phi) is 3.98. The van der Waals surface area contributed by atoms with Gasteiger partial charge in [0.2, 0.25) is 0 Å². The van der Waals surface area contributed by atoms with Gasteiger partial charge < -0.3 is 5.11 Å². The zero-order valence-corrected chi connectivity index (χ0v) is 8.61. The second-order valence-electron chi connectivity index (χ2n) is 2.63. The van der Waals surface area contributed by atoms with Gasteiger partial charge in [-0.1, -0.05) is 12.1 Å². The molecule has 0 aliphatic rings. The Morgan fingerprint density at radius 3 is 2.75 bits per heavy atom. The Morgan fingerprint density at radius 2 is 2.17 bits per heavy atom. The molecule has 0 amide bonds. The van der Waals surface area contributed by atoms with E-state index in [0.717, 1.165) is 15.5 Å². The van der Waals surface area contributed by atoms with Crippen LogP contribution in [0.1, 0.15) is 6.92 Å². The highest BCUT2D eigenvalue weighted by Gasteiger charge is 2.00. The van der Waals surface area contributed by atoms with Gasteiger partial charge in [-0.25, -0.2) is 0 Å². The molecule has 1 aromatic rings. The number of aliphatic hydroxyl groups is 1. The van der Waals surface area contributed by atoms with E-state index in [1.54, 1.807) is 18.7 Å². The summed E-state index contributed by atoms with van der Waals surface area (Å²) >= 11 is 5.93. The fourth-order valence-corrected chi connectivity index (χ4v) is 1.96. The van der Waals surface area contributed by atoms with E-state index in [2.05, 4.69) is 12.6 Å². The first-order valence-electron chi connectivity index (χ1n) is 3.79. The van der Waals surface area contributed by atoms with Crippen LogP contribution in [0.25, 0.3) is 0 Å². The average molecular weight is 200 g/mol. The molecule has 1 atom stereocenters. The Balaban J connectivity index is 2.57. The summed E-state index contributed by atoms with van der Waals surface area (Å²) in [5.41, 5.74) is 0. The summed E-state index contributed by atoms with van der Waals surface area (Å²) in [7, 11) is 0. The van der Waals surface area contributed by atoms with E-state index in [0.29, 0.717) is 0 Å². The third kappa shape index (κ3) is 3.09. The van der Waals surface area contributed by atoms with Crippen LogP contribution in [0.5, 0.6) is 0 Å². The van der Waals surface area contributed by atoms with Crippen LogP contribution in [0.4, 0.5) is 0 Å². The molecule has 1 nitrogen and oxygen atoms in total. The molecule has 0 fully saturated rings. The van der Waals surface area contributed by atoms with Crippen LogP contribution in [0, 0.1) is 0 Å². The van der Waals surface area contributed by atoms with Crippen molar-refractivity contribution in [2.75, 3.05) is 5.75 Å². The zero-order chi connectivity index (χ0) is 8.97. The van der Waals surface area contributed by atoms with Crippen LogP contribution < -0.4 is 0 Å². The van der Waals surface area contributed by atoms with Crippen molar-refractivity contribution in [3.05, 3.63) is 24.3 Å². The van der Waals surface area contributed by atoms with Gasteiger partial charge in [0.05, 0.1) is 6.10 Å². The van der Waals surface area contributed by atoms with Crippen molar-refractivity contribution in [1.29, 1.82) is 0 Å². The van der Waals surface area contributed by atoms with E-state index in [-0.39, 0.29) is 6.10 Å². The third-order valence-electron chi connectivity index (χ3n) is 1.35. The Hall–Kier alpha value is -0.120. The monoisotopic (exact) mass is 200 g/mol. The van der Waals surface area contributed by atoms with Crippen LogP contribution in [0.3, 0.4) is 0 Å². The molecular weight excluding hydrogens is 188 g/mol. The number of rotatable bonds is 3. The van der Waals surface area contributed by atoms with Crippen molar-refractivity contribution >= 4 is 24.4 Å². The Bertz CT molecular complexity index is 248. The molecule has 66 valence electrons. The fourth-order valence-electron chi connectivity index (χ4n) is 0.790. The van der Waals surface area contributed by atoms with Crippen LogP contribution in [-0.4, -0.2) is 17.0 Å². The minimum absolute atomic E-state index is 0.261. The van der Waals surface area contributed by atoms with Gasteiger partial charge in [0.25, 0.3) is 0 Å². The van der Waals surface area contributed by atoms with Gasteiger partial charge in [-0.15, -0.1) is 24.4 Å². The number of thiol groups is 1. The van der Waals surface area contributed by atoms with E-state index in [1.807, 2.05) is 24.3 Å². The van der Waals surface area contributed by atoms with E-state index >= 15 is 0 Å². The summed E-state index contributed by atoms with van der Waals surface area (Å²) in [5.74, 6) is 0.720. The lowest BCUT2D eigenvalue weighted by molar-refractivity contribution is 0.220. The van der Waals surface area contributed by atoms with Crippen molar-refractivity contribution < 1.29 is 5.11 Å². The maximum absolute atomic E-state index is 9.06. The minimum atomic E-state index is -0.261. The lowest BCUT2D eigenvalue weighted by atomic mass is 10.4. The van der Waals surface area contributed by atoms with Gasteiger partial charge >= 0.3 is 0 Å². The normalized spacial score (nSPS) is 12.9. The topological polar surface area (TPSA) is 20.2 Å². The number of benzene rings is 1. The molecule has 0 saturated carbocycles. The van der Waals surface area contributed by atoms with Gasteiger partial charge in [-0.05, 0) is 19.1 Å². The number of hydrogen-bond acceptors (Lipinski definition) is 3. The first-order chi connectivity index (χ1) is 5.70. The smallest absolute Gasteiger partial charge is 0.0606 e. The summed E-state index contributed by atoms with van der Waals surface area (Å²) in [4.78, 5) is 2.10. The highest BCUT2D eigenvalue weighted by Crippen LogP contribution is 2.25. The highest BCUT2D eigenvalue weighted by molar-refractivity contribution is 7.99. The zero-order valence-electron chi connectivity index (χ0n) is 6.90. The van der Waals surface area contributed by atoms with Gasteiger partial charge in [-0.2, -0.15) is 0 Å². The lowest BCUT2D eigenvalue weighted by Gasteiger charge is -2.05. The summed E-state index contributed by atoms with van der Waals surface area (Å²) in [6, 6.07) is 7.89. The standard InChI is InChI=1S/C9H12OS2/c1-7(10)6-12-9-5-3-2-4-8(9)11/h2-5,7,10-11H,6H2,1H3. The fraction of sp³-hybridized carbons (Fsp3) is 0.333. The maximum Gasteiger partial charge on any atom is 0.0606 e. The molecule has 0 radical (unpaired) electrons. The van der Waals surface area contributed by atoms with E-state index in [4.69, 9.17) is 5.11 Å². The Morgan fingerprint density at radius 1 is 1.50 bits per heavy atom. The molecule has 0 heterocycles. The molecule has 1 aromatic carbocycles. The number of thioether (sulfide) groups is 1. The predicted octanol–water partition coefficient (Wildman–Crippen LogP) is 2.45. The van der Waals surface area contributed by atoms with Crippen LogP contribution >= 0.6 is 24.4 Å². The summed E-state index contributed by atoms with van der Waals surface area (Å²) < 4.78 is 0. The second-order valence-corrected chi connectivity index (χ2v) is 4.17. The summed E-state index contributed by atoms with van der Waals surface area (Å²) in [6.45, 7) is 1.79. The lowest BCUT2D eigenvalue weighted by Crippen LogP contribution is -2.02. The molecular formula is C9H12OS2. The van der Waals surface area contributed by atoms with E-state index < -0.39 is 0 Å². The molecule has 0 aliphatic heterocycles. The van der Waals surface area contributed by atoms with Gasteiger partial charge in [0.1, 0.15) is 0 Å². The minimum Gasteiger partial charge on any atom is -0.393 e. The van der Waals surface area contributed by atoms with Crippen molar-refractivity contribution in [2.45, 2.75) is 22.8 Å². The summed E-state index contributed by atoms with van der Waals surface area (Å²) in [5, 5.41) is 9.06. The third-order valence-corrected chi connectivity index (χ3v) is 3.20. The van der Waals surface area contributed by atoms with Crippen molar-refractivity contribution in [3.63, 3.8) is 0 Å². The van der Waals surface area contributed by atoms with Gasteiger partial charge in [0.15, 0.2) is 0 Å². The molecule has 0 spiro atoms. The van der Waals surface area contributed by atoms with Crippen LogP contribution in [0.2, 0.25) is 0 Å². The predicted molar refractivity (Wildman–Crippen MR) is 56.1 cm³/mol. The SMILES string of the molecule is CC(O)CSc1ccccc1S. The molecule has 1 N–H and O–H groups in total. The molecule has 1 rings (SSSR count). The molecule has 1 unspecified atom stereocenters. The van der Waals surface area contributed by atoms with Crippen LogP contribution in [0.15, 0.2) is 34.1 Å². The molecule has 0 aliphatic carbocycles. The van der Waals surface area contributed by atoms with Gasteiger partial charge in [-0.3, -0.25) is 0 Å². The average Bonchev–Trinajstić information content (AvgIpc) is 2.03. The molecule has 3 heteroatoms. The highest BCUT2D eigenvalue weighted by atomic mass is 32.2. The quantitative estimate of drug-likeness (QED) is 0.577. The second kappa shape index (κ2) is 4.80. The molecule has 12 heavy (non-hydrogen) atoms. The van der Waals surface area contributed by atoms with Crippen molar-refractivity contribution in [3.8, 4) is 0 Å². The van der Waals surface area contributed by atoms with Crippen molar-refractivity contribution in [2.24, 2.45) is 0 Å². The first kappa shape index (κ1) is 9.96. The number of hydrogen-bond donors (Lipinski definition) is 2. The summed E-state index contributed by atoms with van der Waals surface area (Å²) in [6.07, 6.45) is -0.261. The number of aliphatic hydroxyl groups excluding tert-OH is 1. The molecule has 0 aromatic heterocycles. The van der Waals surface area contributed by atoms with Crippen LogP contribution in [-0.2, 0) is 0 Å². The first-order valence-corrected chi connectivity index (χ1v) is 5.22. The van der Waals surface area contributed by atoms with Gasteiger partial charge in [0, 0.05) is 15.5 Å². The molecule has 0 saturated heterocycles. The largest absolute Gasteiger partial charge is 0.393 e. The van der Waals surface area contributed by atoms with E-state index in [1.165, 1.54) is 0 Å². The van der Waals surface area contributed by atoms with Crippen molar-refractivity contribution in [1.82, 2.24) is 0 Å². The Labute approximate surface area is 82.6 Å². The molecule has 0 bridgehead atoms. The maximum atomic E-state index is 9.06.